The molecule has 1 aliphatic rings. The van der Waals surface area contributed by atoms with E-state index >= 15 is 0 Å². The molecule has 1 unspecified atom stereocenters. The van der Waals surface area contributed by atoms with Gasteiger partial charge in [-0.25, -0.2) is 9.59 Å². The first-order valence-electron chi connectivity index (χ1n) is 8.57. The number of hydrogen-bond acceptors (Lipinski definition) is 6. The van der Waals surface area contributed by atoms with Crippen LogP contribution in [0, 0.1) is 5.92 Å². The van der Waals surface area contributed by atoms with Gasteiger partial charge in [0.15, 0.2) is 11.5 Å². The van der Waals surface area contributed by atoms with E-state index in [9.17, 15) is 9.59 Å². The summed E-state index contributed by atoms with van der Waals surface area (Å²) in [5.41, 5.74) is 1.37. The minimum atomic E-state index is -0.716. The number of rotatable bonds is 7. The second-order valence-electron chi connectivity index (χ2n) is 6.52. The molecule has 8 nitrogen and oxygen atoms in total. The van der Waals surface area contributed by atoms with Crippen molar-refractivity contribution in [1.82, 2.24) is 10.6 Å². The molecule has 27 heavy (non-hydrogen) atoms. The molecular formula is C19H26N2O6. The minimum absolute atomic E-state index is 0.195. The van der Waals surface area contributed by atoms with Crippen molar-refractivity contribution in [3.63, 3.8) is 0 Å². The second kappa shape index (κ2) is 8.66. The van der Waals surface area contributed by atoms with Crippen molar-refractivity contribution in [2.75, 3.05) is 27.9 Å². The van der Waals surface area contributed by atoms with Gasteiger partial charge in [0.2, 0.25) is 5.75 Å². The van der Waals surface area contributed by atoms with Crippen molar-refractivity contribution < 1.29 is 28.5 Å². The average Bonchev–Trinajstić information content (AvgIpc) is 2.64. The molecule has 1 aliphatic heterocycles. The van der Waals surface area contributed by atoms with E-state index in [2.05, 4.69) is 10.6 Å². The normalized spacial score (nSPS) is 16.6. The third-order valence-electron chi connectivity index (χ3n) is 4.06. The Morgan fingerprint density at radius 1 is 1.11 bits per heavy atom. The molecule has 2 amide bonds. The van der Waals surface area contributed by atoms with Gasteiger partial charge in [0.1, 0.15) is 0 Å². The first kappa shape index (κ1) is 20.4. The predicted molar refractivity (Wildman–Crippen MR) is 99.0 cm³/mol. The lowest BCUT2D eigenvalue weighted by molar-refractivity contribution is -0.140. The highest BCUT2D eigenvalue weighted by Gasteiger charge is 2.33. The Kier molecular flexibility index (Phi) is 6.55. The topological polar surface area (TPSA) is 95.1 Å². The number of nitrogens with one attached hydrogen (secondary N) is 2. The van der Waals surface area contributed by atoms with Crippen molar-refractivity contribution in [3.05, 3.63) is 29.0 Å². The second-order valence-corrected chi connectivity index (χ2v) is 6.52. The first-order chi connectivity index (χ1) is 12.8. The molecule has 0 spiro atoms. The summed E-state index contributed by atoms with van der Waals surface area (Å²) in [4.78, 5) is 24.7. The van der Waals surface area contributed by atoms with Gasteiger partial charge in [-0.05, 0) is 30.5 Å². The summed E-state index contributed by atoms with van der Waals surface area (Å²) in [5.74, 6) is 0.973. The summed E-state index contributed by atoms with van der Waals surface area (Å²) >= 11 is 0. The molecule has 8 heteroatoms. The van der Waals surface area contributed by atoms with Gasteiger partial charge in [-0.2, -0.15) is 0 Å². The van der Waals surface area contributed by atoms with Crippen molar-refractivity contribution >= 4 is 12.0 Å². The van der Waals surface area contributed by atoms with Crippen LogP contribution >= 0.6 is 0 Å². The Hall–Kier alpha value is -2.90. The standard InChI is InChI=1S/C19H26N2O6/c1-10(2)9-27-18(22)15-11(3)20-19(23)21-16(15)12-7-13(24-4)17(26-6)14(8-12)25-5/h7-8,10,16H,9H2,1-6H3,(H2,20,21,23). The van der Waals surface area contributed by atoms with Crippen LogP contribution in [0.1, 0.15) is 32.4 Å². The van der Waals surface area contributed by atoms with Gasteiger partial charge in [-0.15, -0.1) is 0 Å². The van der Waals surface area contributed by atoms with Crippen LogP contribution in [-0.4, -0.2) is 39.9 Å². The van der Waals surface area contributed by atoms with Gasteiger partial charge in [0, 0.05) is 5.70 Å². The fraction of sp³-hybridized carbons (Fsp3) is 0.474. The third-order valence-corrected chi connectivity index (χ3v) is 4.06. The quantitative estimate of drug-likeness (QED) is 0.708. The lowest BCUT2D eigenvalue weighted by Gasteiger charge is -2.29. The van der Waals surface area contributed by atoms with Gasteiger partial charge in [0.25, 0.3) is 0 Å². The average molecular weight is 378 g/mol. The van der Waals surface area contributed by atoms with Gasteiger partial charge in [-0.1, -0.05) is 13.8 Å². The molecule has 2 rings (SSSR count). The number of allylic oxidation sites excluding steroid dienone is 1. The SMILES string of the molecule is COc1cc(C2NC(=O)NC(C)=C2C(=O)OCC(C)C)cc(OC)c1OC. The molecule has 0 aromatic heterocycles. The number of esters is 1. The first-order valence-corrected chi connectivity index (χ1v) is 8.57. The number of carbonyl (C=O) groups excluding carboxylic acids is 2. The fourth-order valence-electron chi connectivity index (χ4n) is 2.80. The van der Waals surface area contributed by atoms with E-state index in [4.69, 9.17) is 18.9 Å². The van der Waals surface area contributed by atoms with Crippen molar-refractivity contribution in [1.29, 1.82) is 0 Å². The molecule has 0 radical (unpaired) electrons. The van der Waals surface area contributed by atoms with Crippen LogP contribution < -0.4 is 24.8 Å². The van der Waals surface area contributed by atoms with Crippen LogP contribution in [0.25, 0.3) is 0 Å². The third kappa shape index (κ3) is 4.45. The summed E-state index contributed by atoms with van der Waals surface area (Å²) < 4.78 is 21.5. The zero-order valence-corrected chi connectivity index (χ0v) is 16.5. The summed E-state index contributed by atoms with van der Waals surface area (Å²) in [6.07, 6.45) is 0. The van der Waals surface area contributed by atoms with E-state index < -0.39 is 18.0 Å². The highest BCUT2D eigenvalue weighted by atomic mass is 16.5. The Morgan fingerprint density at radius 3 is 2.19 bits per heavy atom. The van der Waals surface area contributed by atoms with E-state index in [1.165, 1.54) is 21.3 Å². The number of methoxy groups -OCH3 is 3. The summed E-state index contributed by atoms with van der Waals surface area (Å²) in [7, 11) is 4.51. The molecule has 1 aromatic rings. The van der Waals surface area contributed by atoms with Crippen LogP contribution in [0.3, 0.4) is 0 Å². The van der Waals surface area contributed by atoms with Crippen molar-refractivity contribution in [3.8, 4) is 17.2 Å². The molecule has 1 heterocycles. The molecule has 148 valence electrons. The largest absolute Gasteiger partial charge is 0.493 e. The molecule has 0 fully saturated rings. The number of urea groups is 1. The summed E-state index contributed by atoms with van der Waals surface area (Å²) in [5, 5.41) is 5.38. The Balaban J connectivity index is 2.51. The maximum absolute atomic E-state index is 12.7. The van der Waals surface area contributed by atoms with Gasteiger partial charge < -0.3 is 29.6 Å². The maximum atomic E-state index is 12.7. The molecular weight excluding hydrogens is 352 g/mol. The molecule has 0 saturated carbocycles. The maximum Gasteiger partial charge on any atom is 0.338 e. The zero-order valence-electron chi connectivity index (χ0n) is 16.5. The predicted octanol–water partition coefficient (Wildman–Crippen LogP) is 2.54. The molecule has 2 N–H and O–H groups in total. The van der Waals surface area contributed by atoms with Gasteiger partial charge >= 0.3 is 12.0 Å². The lowest BCUT2D eigenvalue weighted by Crippen LogP contribution is -2.45. The number of benzene rings is 1. The fourth-order valence-corrected chi connectivity index (χ4v) is 2.80. The molecule has 1 aromatic carbocycles. The highest BCUT2D eigenvalue weighted by Crippen LogP contribution is 2.41. The van der Waals surface area contributed by atoms with Crippen LogP contribution in [0.5, 0.6) is 17.2 Å². The van der Waals surface area contributed by atoms with Crippen LogP contribution in [-0.2, 0) is 9.53 Å². The molecule has 0 bridgehead atoms. The van der Waals surface area contributed by atoms with Crippen LogP contribution in [0.4, 0.5) is 4.79 Å². The van der Waals surface area contributed by atoms with Gasteiger partial charge in [0.05, 0.1) is 39.6 Å². The van der Waals surface area contributed by atoms with E-state index in [-0.39, 0.29) is 12.5 Å². The highest BCUT2D eigenvalue weighted by molar-refractivity contribution is 5.95. The lowest BCUT2D eigenvalue weighted by atomic mass is 9.95. The minimum Gasteiger partial charge on any atom is -0.493 e. The Bertz CT molecular complexity index is 732. The summed E-state index contributed by atoms with van der Waals surface area (Å²) in [6, 6.07) is 2.26. The molecule has 0 aliphatic carbocycles. The van der Waals surface area contributed by atoms with Crippen molar-refractivity contribution in [2.45, 2.75) is 26.8 Å². The number of hydrogen-bond donors (Lipinski definition) is 2. The smallest absolute Gasteiger partial charge is 0.338 e. The van der Waals surface area contributed by atoms with E-state index in [0.717, 1.165) is 0 Å². The Morgan fingerprint density at radius 2 is 1.70 bits per heavy atom. The monoisotopic (exact) mass is 378 g/mol. The van der Waals surface area contributed by atoms with Crippen molar-refractivity contribution in [2.24, 2.45) is 5.92 Å². The molecule has 1 atom stereocenters. The summed E-state index contributed by atoms with van der Waals surface area (Å²) in [6.45, 7) is 5.85. The zero-order chi connectivity index (χ0) is 20.1. The number of amides is 2. The van der Waals surface area contributed by atoms with E-state index in [0.29, 0.717) is 34.1 Å². The van der Waals surface area contributed by atoms with E-state index in [1.54, 1.807) is 19.1 Å². The number of carbonyl (C=O) groups is 2. The number of ether oxygens (including phenoxy) is 4. The Labute approximate surface area is 158 Å². The van der Waals surface area contributed by atoms with Gasteiger partial charge in [-0.3, -0.25) is 0 Å². The van der Waals surface area contributed by atoms with E-state index in [1.807, 2.05) is 13.8 Å². The molecule has 0 saturated heterocycles. The van der Waals surface area contributed by atoms with Crippen LogP contribution in [0.2, 0.25) is 0 Å². The van der Waals surface area contributed by atoms with Crippen LogP contribution in [0.15, 0.2) is 23.4 Å².